The molecule has 0 spiro atoms. The summed E-state index contributed by atoms with van der Waals surface area (Å²) >= 11 is 0. The van der Waals surface area contributed by atoms with E-state index in [1.807, 2.05) is 0 Å². The summed E-state index contributed by atoms with van der Waals surface area (Å²) in [5.74, 6) is -1.01. The average Bonchev–Trinajstić information content (AvgIpc) is 2.27. The molecule has 0 aliphatic heterocycles. The predicted molar refractivity (Wildman–Crippen MR) is 72.6 cm³/mol. The molecule has 104 valence electrons. The van der Waals surface area contributed by atoms with Crippen LogP contribution in [0.15, 0.2) is 24.3 Å². The molecule has 4 heteroatoms. The number of halogens is 1. The first kappa shape index (κ1) is 15.2. The van der Waals surface area contributed by atoms with Crippen LogP contribution < -0.4 is 4.74 Å². The van der Waals surface area contributed by atoms with Crippen molar-refractivity contribution in [3.8, 4) is 5.75 Å². The van der Waals surface area contributed by atoms with Gasteiger partial charge in [0.1, 0.15) is 11.6 Å². The largest absolute Gasteiger partial charge is 0.493 e. The molecule has 3 nitrogen and oxygen atoms in total. The van der Waals surface area contributed by atoms with E-state index in [0.717, 1.165) is 12.5 Å². The minimum atomic E-state index is -1.08. The third-order valence-electron chi connectivity index (χ3n) is 2.49. The minimum Gasteiger partial charge on any atom is -0.493 e. The Morgan fingerprint density at radius 1 is 1.42 bits per heavy atom. The number of carboxylic acid groups (broad SMARTS) is 1. The molecule has 0 aliphatic carbocycles. The van der Waals surface area contributed by atoms with E-state index in [1.165, 1.54) is 24.3 Å². The number of hydrogen-bond acceptors (Lipinski definition) is 2. The van der Waals surface area contributed by atoms with Gasteiger partial charge in [-0.15, -0.1) is 0 Å². The Kier molecular flexibility index (Phi) is 5.10. The zero-order chi connectivity index (χ0) is 14.5. The molecule has 0 saturated carbocycles. The molecule has 1 aromatic carbocycles. The summed E-state index contributed by atoms with van der Waals surface area (Å²) in [6.45, 7) is 6.81. The Morgan fingerprint density at radius 3 is 2.68 bits per heavy atom. The van der Waals surface area contributed by atoms with Crippen LogP contribution in [0.2, 0.25) is 0 Å². The standard InChI is InChI=1S/C15H19FO3/c1-15(2,3)8-9-19-13-6-5-12(16)10-11(13)4-7-14(17)18/h4-7,10H,8-9H2,1-3H3,(H,17,18)/b7-4+. The third kappa shape index (κ3) is 6.04. The fourth-order valence-electron chi connectivity index (χ4n) is 1.41. The van der Waals surface area contributed by atoms with Crippen molar-refractivity contribution in [1.82, 2.24) is 0 Å². The molecule has 0 saturated heterocycles. The molecule has 0 bridgehead atoms. The van der Waals surface area contributed by atoms with Gasteiger partial charge in [0.15, 0.2) is 0 Å². The molecule has 0 fully saturated rings. The number of rotatable bonds is 5. The summed E-state index contributed by atoms with van der Waals surface area (Å²) < 4.78 is 18.7. The highest BCUT2D eigenvalue weighted by atomic mass is 19.1. The molecular formula is C15H19FO3. The molecule has 0 radical (unpaired) electrons. The van der Waals surface area contributed by atoms with Gasteiger partial charge in [0.2, 0.25) is 0 Å². The summed E-state index contributed by atoms with van der Waals surface area (Å²) in [5.41, 5.74) is 0.577. The second-order valence-electron chi connectivity index (χ2n) is 5.51. The fraction of sp³-hybridized carbons (Fsp3) is 0.400. The van der Waals surface area contributed by atoms with Crippen molar-refractivity contribution >= 4 is 12.0 Å². The van der Waals surface area contributed by atoms with Gasteiger partial charge in [-0.05, 0) is 36.1 Å². The SMILES string of the molecule is CC(C)(C)CCOc1ccc(F)cc1/C=C/C(=O)O. The Bertz CT molecular complexity index is 473. The first-order valence-electron chi connectivity index (χ1n) is 6.11. The number of benzene rings is 1. The molecule has 0 amide bonds. The van der Waals surface area contributed by atoms with E-state index in [9.17, 15) is 9.18 Å². The highest BCUT2D eigenvalue weighted by Gasteiger charge is 2.11. The molecule has 1 rings (SSSR count). The van der Waals surface area contributed by atoms with Crippen molar-refractivity contribution in [3.05, 3.63) is 35.7 Å². The van der Waals surface area contributed by atoms with Crippen LogP contribution in [-0.4, -0.2) is 17.7 Å². The van der Waals surface area contributed by atoms with Crippen molar-refractivity contribution in [2.75, 3.05) is 6.61 Å². The van der Waals surface area contributed by atoms with Crippen molar-refractivity contribution in [1.29, 1.82) is 0 Å². The molecular weight excluding hydrogens is 247 g/mol. The quantitative estimate of drug-likeness (QED) is 0.826. The Labute approximate surface area is 112 Å². The third-order valence-corrected chi connectivity index (χ3v) is 2.49. The number of carboxylic acids is 1. The van der Waals surface area contributed by atoms with Gasteiger partial charge in [-0.25, -0.2) is 9.18 Å². The van der Waals surface area contributed by atoms with Crippen LogP contribution in [0.3, 0.4) is 0 Å². The lowest BCUT2D eigenvalue weighted by molar-refractivity contribution is -0.131. The second-order valence-corrected chi connectivity index (χ2v) is 5.51. The van der Waals surface area contributed by atoms with Gasteiger partial charge in [0.05, 0.1) is 6.61 Å². The van der Waals surface area contributed by atoms with Gasteiger partial charge >= 0.3 is 5.97 Å². The van der Waals surface area contributed by atoms with Gasteiger partial charge in [0.25, 0.3) is 0 Å². The summed E-state index contributed by atoms with van der Waals surface area (Å²) in [7, 11) is 0. The molecule has 1 aromatic rings. The normalized spacial score (nSPS) is 11.8. The lowest BCUT2D eigenvalue weighted by Crippen LogP contribution is -2.11. The first-order chi connectivity index (χ1) is 8.78. The fourth-order valence-corrected chi connectivity index (χ4v) is 1.41. The van der Waals surface area contributed by atoms with E-state index in [1.54, 1.807) is 0 Å². The van der Waals surface area contributed by atoms with Crippen molar-refractivity contribution in [2.24, 2.45) is 5.41 Å². The average molecular weight is 266 g/mol. The lowest BCUT2D eigenvalue weighted by Gasteiger charge is -2.18. The highest BCUT2D eigenvalue weighted by molar-refractivity contribution is 5.85. The molecule has 0 heterocycles. The summed E-state index contributed by atoms with van der Waals surface area (Å²) in [6.07, 6.45) is 3.15. The predicted octanol–water partition coefficient (Wildman–Crippen LogP) is 3.74. The molecule has 19 heavy (non-hydrogen) atoms. The van der Waals surface area contributed by atoms with E-state index in [0.29, 0.717) is 17.9 Å². The van der Waals surface area contributed by atoms with E-state index in [-0.39, 0.29) is 5.41 Å². The van der Waals surface area contributed by atoms with Gasteiger partial charge in [-0.3, -0.25) is 0 Å². The van der Waals surface area contributed by atoms with Gasteiger partial charge in [-0.1, -0.05) is 20.8 Å². The molecule has 0 atom stereocenters. The minimum absolute atomic E-state index is 0.150. The van der Waals surface area contributed by atoms with Crippen molar-refractivity contribution < 1.29 is 19.0 Å². The van der Waals surface area contributed by atoms with Gasteiger partial charge < -0.3 is 9.84 Å². The monoisotopic (exact) mass is 266 g/mol. The zero-order valence-corrected chi connectivity index (χ0v) is 11.4. The van der Waals surface area contributed by atoms with Crippen LogP contribution in [0.4, 0.5) is 4.39 Å². The van der Waals surface area contributed by atoms with E-state index < -0.39 is 11.8 Å². The maximum atomic E-state index is 13.1. The smallest absolute Gasteiger partial charge is 0.328 e. The topological polar surface area (TPSA) is 46.5 Å². The lowest BCUT2D eigenvalue weighted by atomic mass is 9.93. The van der Waals surface area contributed by atoms with Crippen molar-refractivity contribution in [2.45, 2.75) is 27.2 Å². The molecule has 1 N–H and O–H groups in total. The Hall–Kier alpha value is -1.84. The zero-order valence-electron chi connectivity index (χ0n) is 11.4. The van der Waals surface area contributed by atoms with Crippen LogP contribution in [-0.2, 0) is 4.79 Å². The molecule has 0 unspecified atom stereocenters. The van der Waals surface area contributed by atoms with E-state index >= 15 is 0 Å². The first-order valence-corrected chi connectivity index (χ1v) is 6.11. The van der Waals surface area contributed by atoms with Crippen LogP contribution in [0.25, 0.3) is 6.08 Å². The van der Waals surface area contributed by atoms with Crippen LogP contribution >= 0.6 is 0 Å². The van der Waals surface area contributed by atoms with Gasteiger partial charge in [0, 0.05) is 11.6 Å². The molecule has 0 aliphatic rings. The van der Waals surface area contributed by atoms with Crippen molar-refractivity contribution in [3.63, 3.8) is 0 Å². The summed E-state index contributed by atoms with van der Waals surface area (Å²) in [4.78, 5) is 10.5. The number of ether oxygens (including phenoxy) is 1. The van der Waals surface area contributed by atoms with E-state index in [2.05, 4.69) is 20.8 Å². The van der Waals surface area contributed by atoms with Gasteiger partial charge in [-0.2, -0.15) is 0 Å². The molecule has 0 aromatic heterocycles. The maximum Gasteiger partial charge on any atom is 0.328 e. The Morgan fingerprint density at radius 2 is 2.11 bits per heavy atom. The summed E-state index contributed by atoms with van der Waals surface area (Å²) in [5, 5.41) is 8.60. The number of carbonyl (C=O) groups is 1. The number of hydrogen-bond donors (Lipinski definition) is 1. The van der Waals surface area contributed by atoms with Crippen LogP contribution in [0.1, 0.15) is 32.8 Å². The maximum absolute atomic E-state index is 13.1. The van der Waals surface area contributed by atoms with Crippen LogP contribution in [0, 0.1) is 11.2 Å². The van der Waals surface area contributed by atoms with E-state index in [4.69, 9.17) is 9.84 Å². The Balaban J connectivity index is 2.79. The van der Waals surface area contributed by atoms with Crippen LogP contribution in [0.5, 0.6) is 5.75 Å². The summed E-state index contributed by atoms with van der Waals surface area (Å²) in [6, 6.07) is 4.07. The number of aliphatic carboxylic acids is 1. The second kappa shape index (κ2) is 6.36. The highest BCUT2D eigenvalue weighted by Crippen LogP contribution is 2.24.